The molecule has 1 amide bonds. The number of nitrogens with zero attached hydrogens (tertiary/aromatic N) is 1. The molecule has 0 spiro atoms. The molecular formula is C14H21NO2. The fraction of sp³-hybridized carbons (Fsp3) is 0.500. The zero-order valence-electron chi connectivity index (χ0n) is 11.0. The van der Waals surface area contributed by atoms with Crippen LogP contribution in [0.25, 0.3) is 0 Å². The Hall–Kier alpha value is -1.51. The lowest BCUT2D eigenvalue weighted by atomic mass is 9.84. The van der Waals surface area contributed by atoms with Gasteiger partial charge in [-0.05, 0) is 30.0 Å². The van der Waals surface area contributed by atoms with Gasteiger partial charge in [0, 0.05) is 20.0 Å². The monoisotopic (exact) mass is 235 g/mol. The molecule has 0 aliphatic carbocycles. The number of phenols is 1. The lowest BCUT2D eigenvalue weighted by Gasteiger charge is -2.25. The summed E-state index contributed by atoms with van der Waals surface area (Å²) in [5, 5.41) is 9.49. The molecule has 0 radical (unpaired) electrons. The lowest BCUT2D eigenvalue weighted by molar-refractivity contribution is -0.133. The quantitative estimate of drug-likeness (QED) is 0.871. The SMILES string of the molecule is CCC(c1cccc(O)c1)C(C)C(=O)N(C)C. The minimum Gasteiger partial charge on any atom is -0.508 e. The van der Waals surface area contributed by atoms with Crippen LogP contribution in [0.1, 0.15) is 31.7 Å². The lowest BCUT2D eigenvalue weighted by Crippen LogP contribution is -2.31. The highest BCUT2D eigenvalue weighted by Gasteiger charge is 2.25. The Kier molecular flexibility index (Phi) is 4.55. The number of carbonyl (C=O) groups excluding carboxylic acids is 1. The van der Waals surface area contributed by atoms with E-state index < -0.39 is 0 Å². The predicted molar refractivity (Wildman–Crippen MR) is 69.0 cm³/mol. The first-order chi connectivity index (χ1) is 7.97. The molecule has 17 heavy (non-hydrogen) atoms. The highest BCUT2D eigenvalue weighted by molar-refractivity contribution is 5.79. The first-order valence-corrected chi connectivity index (χ1v) is 5.97. The van der Waals surface area contributed by atoms with E-state index in [2.05, 4.69) is 6.92 Å². The van der Waals surface area contributed by atoms with Crippen molar-refractivity contribution >= 4 is 5.91 Å². The van der Waals surface area contributed by atoms with Gasteiger partial charge in [0.05, 0.1) is 0 Å². The summed E-state index contributed by atoms with van der Waals surface area (Å²) in [5.41, 5.74) is 1.02. The third-order valence-corrected chi connectivity index (χ3v) is 3.17. The Morgan fingerprint density at radius 1 is 1.41 bits per heavy atom. The summed E-state index contributed by atoms with van der Waals surface area (Å²) in [6, 6.07) is 7.18. The van der Waals surface area contributed by atoms with Gasteiger partial charge < -0.3 is 10.0 Å². The molecule has 0 bridgehead atoms. The van der Waals surface area contributed by atoms with Crippen LogP contribution in [-0.2, 0) is 4.79 Å². The number of hydrogen-bond acceptors (Lipinski definition) is 2. The van der Waals surface area contributed by atoms with Crippen molar-refractivity contribution in [2.24, 2.45) is 5.92 Å². The maximum atomic E-state index is 12.0. The third kappa shape index (κ3) is 3.22. The largest absolute Gasteiger partial charge is 0.508 e. The van der Waals surface area contributed by atoms with Crippen LogP contribution in [0.5, 0.6) is 5.75 Å². The van der Waals surface area contributed by atoms with E-state index in [0.717, 1.165) is 12.0 Å². The predicted octanol–water partition coefficient (Wildman–Crippen LogP) is 2.61. The number of carbonyl (C=O) groups is 1. The minimum absolute atomic E-state index is 0.0724. The third-order valence-electron chi connectivity index (χ3n) is 3.17. The van der Waals surface area contributed by atoms with Crippen LogP contribution >= 0.6 is 0 Å². The fourth-order valence-electron chi connectivity index (χ4n) is 2.21. The smallest absolute Gasteiger partial charge is 0.225 e. The molecule has 94 valence electrons. The number of hydrogen-bond donors (Lipinski definition) is 1. The second-order valence-electron chi connectivity index (χ2n) is 4.63. The van der Waals surface area contributed by atoms with Crippen molar-refractivity contribution in [2.45, 2.75) is 26.2 Å². The molecule has 3 nitrogen and oxygen atoms in total. The van der Waals surface area contributed by atoms with Crippen LogP contribution < -0.4 is 0 Å². The van der Waals surface area contributed by atoms with E-state index in [0.29, 0.717) is 0 Å². The van der Waals surface area contributed by atoms with Crippen molar-refractivity contribution in [3.63, 3.8) is 0 Å². The number of rotatable bonds is 4. The zero-order chi connectivity index (χ0) is 13.0. The summed E-state index contributed by atoms with van der Waals surface area (Å²) in [7, 11) is 3.54. The summed E-state index contributed by atoms with van der Waals surface area (Å²) in [5.74, 6) is 0.458. The van der Waals surface area contributed by atoms with E-state index in [4.69, 9.17) is 0 Å². The van der Waals surface area contributed by atoms with E-state index in [-0.39, 0.29) is 23.5 Å². The van der Waals surface area contributed by atoms with Crippen molar-refractivity contribution in [1.82, 2.24) is 4.90 Å². The molecule has 2 atom stereocenters. The second-order valence-corrected chi connectivity index (χ2v) is 4.63. The van der Waals surface area contributed by atoms with Gasteiger partial charge in [0.25, 0.3) is 0 Å². The average molecular weight is 235 g/mol. The van der Waals surface area contributed by atoms with Crippen LogP contribution in [0, 0.1) is 5.92 Å². The van der Waals surface area contributed by atoms with Gasteiger partial charge in [0.15, 0.2) is 0 Å². The molecule has 1 aromatic carbocycles. The van der Waals surface area contributed by atoms with Gasteiger partial charge in [-0.2, -0.15) is 0 Å². The van der Waals surface area contributed by atoms with Gasteiger partial charge in [-0.3, -0.25) is 4.79 Å². The van der Waals surface area contributed by atoms with Crippen LogP contribution in [0.4, 0.5) is 0 Å². The molecule has 0 aliphatic rings. The highest BCUT2D eigenvalue weighted by Crippen LogP contribution is 2.30. The highest BCUT2D eigenvalue weighted by atomic mass is 16.3. The molecule has 0 aromatic heterocycles. The molecule has 0 heterocycles. The second kappa shape index (κ2) is 5.71. The molecule has 2 unspecified atom stereocenters. The maximum absolute atomic E-state index is 12.0. The summed E-state index contributed by atoms with van der Waals surface area (Å²) >= 11 is 0. The Morgan fingerprint density at radius 3 is 2.53 bits per heavy atom. The summed E-state index contributed by atoms with van der Waals surface area (Å²) in [6.45, 7) is 4.01. The first-order valence-electron chi connectivity index (χ1n) is 5.97. The zero-order valence-corrected chi connectivity index (χ0v) is 11.0. The Labute approximate surface area is 103 Å². The topological polar surface area (TPSA) is 40.5 Å². The molecule has 0 saturated heterocycles. The molecule has 3 heteroatoms. The Bertz CT molecular complexity index is 388. The van der Waals surface area contributed by atoms with Crippen LogP contribution in [0.15, 0.2) is 24.3 Å². The van der Waals surface area contributed by atoms with Gasteiger partial charge in [0.1, 0.15) is 5.75 Å². The van der Waals surface area contributed by atoms with Gasteiger partial charge >= 0.3 is 0 Å². The number of benzene rings is 1. The van der Waals surface area contributed by atoms with Crippen molar-refractivity contribution in [3.05, 3.63) is 29.8 Å². The Balaban J connectivity index is 2.95. The summed E-state index contributed by atoms with van der Waals surface area (Å²) in [6.07, 6.45) is 0.879. The number of phenolic OH excluding ortho intramolecular Hbond substituents is 1. The van der Waals surface area contributed by atoms with Crippen molar-refractivity contribution in [3.8, 4) is 5.75 Å². The summed E-state index contributed by atoms with van der Waals surface area (Å²) in [4.78, 5) is 13.6. The van der Waals surface area contributed by atoms with E-state index in [9.17, 15) is 9.90 Å². The molecule has 1 aromatic rings. The Morgan fingerprint density at radius 2 is 2.06 bits per heavy atom. The first kappa shape index (κ1) is 13.6. The fourth-order valence-corrected chi connectivity index (χ4v) is 2.21. The number of amides is 1. The van der Waals surface area contributed by atoms with E-state index in [1.165, 1.54) is 0 Å². The number of aromatic hydroxyl groups is 1. The van der Waals surface area contributed by atoms with Crippen LogP contribution in [0.2, 0.25) is 0 Å². The molecule has 0 fully saturated rings. The van der Waals surface area contributed by atoms with Crippen molar-refractivity contribution < 1.29 is 9.90 Å². The standard InChI is InChI=1S/C14H21NO2/c1-5-13(10(2)14(17)15(3)4)11-7-6-8-12(16)9-11/h6-10,13,16H,5H2,1-4H3. The van der Waals surface area contributed by atoms with Crippen LogP contribution in [0.3, 0.4) is 0 Å². The van der Waals surface area contributed by atoms with Crippen LogP contribution in [-0.4, -0.2) is 30.0 Å². The van der Waals surface area contributed by atoms with E-state index in [1.807, 2.05) is 19.1 Å². The van der Waals surface area contributed by atoms with Crippen molar-refractivity contribution in [1.29, 1.82) is 0 Å². The van der Waals surface area contributed by atoms with Gasteiger partial charge in [-0.15, -0.1) is 0 Å². The van der Waals surface area contributed by atoms with Gasteiger partial charge in [-0.25, -0.2) is 0 Å². The van der Waals surface area contributed by atoms with Gasteiger partial charge in [0.2, 0.25) is 5.91 Å². The molecular weight excluding hydrogens is 214 g/mol. The molecule has 1 rings (SSSR count). The molecule has 0 aliphatic heterocycles. The maximum Gasteiger partial charge on any atom is 0.225 e. The van der Waals surface area contributed by atoms with E-state index >= 15 is 0 Å². The van der Waals surface area contributed by atoms with Gasteiger partial charge in [-0.1, -0.05) is 26.0 Å². The normalized spacial score (nSPS) is 14.1. The van der Waals surface area contributed by atoms with Crippen molar-refractivity contribution in [2.75, 3.05) is 14.1 Å². The molecule has 1 N–H and O–H groups in total. The molecule has 0 saturated carbocycles. The van der Waals surface area contributed by atoms with E-state index in [1.54, 1.807) is 31.1 Å². The average Bonchev–Trinajstić information content (AvgIpc) is 2.28. The summed E-state index contributed by atoms with van der Waals surface area (Å²) < 4.78 is 0. The minimum atomic E-state index is -0.0724.